The largest absolute Gasteiger partial charge is 0.328 e. The summed E-state index contributed by atoms with van der Waals surface area (Å²) >= 11 is 0. The fraction of sp³-hybridized carbons (Fsp3) is 0.667. The second kappa shape index (κ2) is 2.56. The van der Waals surface area contributed by atoms with E-state index in [0.717, 1.165) is 6.54 Å². The lowest BCUT2D eigenvalue weighted by Crippen LogP contribution is -2.36. The summed E-state index contributed by atoms with van der Waals surface area (Å²) in [5, 5.41) is 14.2. The zero-order valence-corrected chi connectivity index (χ0v) is 6.15. The van der Waals surface area contributed by atoms with Crippen LogP contribution in [0.2, 0.25) is 0 Å². The number of nitrogens with zero attached hydrogens (tertiary/aromatic N) is 4. The van der Waals surface area contributed by atoms with E-state index >= 15 is 0 Å². The number of hydrogen-bond donors (Lipinski definition) is 0. The predicted molar refractivity (Wildman–Crippen MR) is 38.0 cm³/mol. The third-order valence-corrected chi connectivity index (χ3v) is 1.53. The van der Waals surface area contributed by atoms with Gasteiger partial charge in [0.05, 0.1) is 0 Å². The van der Waals surface area contributed by atoms with Crippen LogP contribution in [0.15, 0.2) is 5.10 Å². The van der Waals surface area contributed by atoms with Gasteiger partial charge in [0.25, 0.3) is 0 Å². The second-order valence-electron chi connectivity index (χ2n) is 2.14. The van der Waals surface area contributed by atoms with Crippen molar-refractivity contribution in [1.82, 2.24) is 9.91 Å². The van der Waals surface area contributed by atoms with Crippen LogP contribution in [0.5, 0.6) is 0 Å². The number of hydrogen-bond acceptors (Lipinski definition) is 4. The third-order valence-electron chi connectivity index (χ3n) is 1.53. The van der Waals surface area contributed by atoms with Crippen molar-refractivity contribution in [2.45, 2.75) is 13.1 Å². The Morgan fingerprint density at radius 1 is 1.80 bits per heavy atom. The lowest BCUT2D eigenvalue weighted by atomic mass is 10.4. The Balaban J connectivity index is 2.64. The maximum Gasteiger partial charge on any atom is 0.207 e. The Kier molecular flexibility index (Phi) is 1.76. The molecular weight excluding hydrogens is 128 g/mol. The van der Waals surface area contributed by atoms with Gasteiger partial charge in [-0.2, -0.15) is 10.4 Å². The highest BCUT2D eigenvalue weighted by molar-refractivity contribution is 5.57. The lowest BCUT2D eigenvalue weighted by molar-refractivity contribution is 0.218. The van der Waals surface area contributed by atoms with Crippen LogP contribution in [0.1, 0.15) is 6.92 Å². The summed E-state index contributed by atoms with van der Waals surface area (Å²) in [6.07, 6.45) is 1.48. The van der Waals surface area contributed by atoms with Gasteiger partial charge in [0.1, 0.15) is 12.4 Å². The molecule has 1 atom stereocenters. The van der Waals surface area contributed by atoms with Crippen molar-refractivity contribution < 1.29 is 0 Å². The molecule has 1 aliphatic rings. The lowest BCUT2D eigenvalue weighted by Gasteiger charge is -2.19. The van der Waals surface area contributed by atoms with Crippen molar-refractivity contribution in [2.24, 2.45) is 5.10 Å². The van der Waals surface area contributed by atoms with Crippen molar-refractivity contribution in [1.29, 1.82) is 5.26 Å². The molecule has 0 aromatic carbocycles. The van der Waals surface area contributed by atoms with Crippen molar-refractivity contribution in [3.8, 4) is 6.07 Å². The summed E-state index contributed by atoms with van der Waals surface area (Å²) in [7, 11) is 1.79. The molecule has 0 radical (unpaired) electrons. The van der Waals surface area contributed by atoms with Crippen molar-refractivity contribution in [3.63, 3.8) is 0 Å². The Bertz CT molecular complexity index is 181. The van der Waals surface area contributed by atoms with Crippen LogP contribution < -0.4 is 0 Å². The van der Waals surface area contributed by atoms with Gasteiger partial charge in [-0.15, -0.1) is 0 Å². The summed E-state index contributed by atoms with van der Waals surface area (Å²) in [6, 6.07) is 2.14. The van der Waals surface area contributed by atoms with E-state index in [1.54, 1.807) is 18.4 Å². The van der Waals surface area contributed by atoms with E-state index in [1.807, 2.05) is 11.8 Å². The van der Waals surface area contributed by atoms with Crippen LogP contribution in [0.4, 0.5) is 0 Å². The summed E-state index contributed by atoms with van der Waals surface area (Å²) in [4.78, 5) is 1.88. The van der Waals surface area contributed by atoms with Gasteiger partial charge in [0, 0.05) is 13.6 Å². The van der Waals surface area contributed by atoms with E-state index in [9.17, 15) is 0 Å². The highest BCUT2D eigenvalue weighted by Crippen LogP contribution is 2.07. The van der Waals surface area contributed by atoms with Crippen LogP contribution >= 0.6 is 0 Å². The number of nitriles is 1. The molecule has 1 unspecified atom stereocenters. The molecular formula is C6H10N4. The maximum atomic E-state index is 8.62. The molecule has 0 N–H and O–H groups in total. The molecule has 0 saturated heterocycles. The maximum absolute atomic E-state index is 8.62. The molecule has 0 aliphatic carbocycles. The Labute approximate surface area is 60.3 Å². The van der Waals surface area contributed by atoms with Gasteiger partial charge >= 0.3 is 0 Å². The van der Waals surface area contributed by atoms with E-state index in [4.69, 9.17) is 5.26 Å². The topological polar surface area (TPSA) is 42.6 Å². The fourth-order valence-electron chi connectivity index (χ4n) is 0.901. The predicted octanol–water partition coefficient (Wildman–Crippen LogP) is 0.0467. The van der Waals surface area contributed by atoms with E-state index in [-0.39, 0.29) is 6.17 Å². The summed E-state index contributed by atoms with van der Waals surface area (Å²) < 4.78 is 0. The second-order valence-corrected chi connectivity index (χ2v) is 2.14. The van der Waals surface area contributed by atoms with E-state index in [0.29, 0.717) is 0 Å². The van der Waals surface area contributed by atoms with E-state index in [1.165, 1.54) is 0 Å². The first-order valence-corrected chi connectivity index (χ1v) is 3.22. The third kappa shape index (κ3) is 0.903. The molecule has 54 valence electrons. The summed E-state index contributed by atoms with van der Waals surface area (Å²) in [5.41, 5.74) is 0. The van der Waals surface area contributed by atoms with Gasteiger partial charge in [-0.1, -0.05) is 0 Å². The van der Waals surface area contributed by atoms with Gasteiger partial charge in [-0.25, -0.2) is 0 Å². The van der Waals surface area contributed by atoms with Crippen LogP contribution in [0, 0.1) is 11.3 Å². The first-order chi connectivity index (χ1) is 4.79. The van der Waals surface area contributed by atoms with Gasteiger partial charge in [0.15, 0.2) is 0 Å². The van der Waals surface area contributed by atoms with E-state index in [2.05, 4.69) is 11.2 Å². The average Bonchev–Trinajstić information content (AvgIpc) is 2.30. The van der Waals surface area contributed by atoms with Crippen LogP contribution in [-0.4, -0.2) is 36.0 Å². The average molecular weight is 138 g/mol. The standard InChI is InChI=1S/C6H10N4/c1-3-10-5-8-9(2)6(10)4-7/h5-6H,3H2,1-2H3. The number of rotatable bonds is 1. The SMILES string of the molecule is CCN1C=NN(C)C1C#N. The van der Waals surface area contributed by atoms with E-state index < -0.39 is 0 Å². The minimum absolute atomic E-state index is 0.204. The van der Waals surface area contributed by atoms with Gasteiger partial charge in [-0.3, -0.25) is 5.01 Å². The Morgan fingerprint density at radius 3 is 2.90 bits per heavy atom. The monoisotopic (exact) mass is 138 g/mol. The Hall–Kier alpha value is -1.24. The highest BCUT2D eigenvalue weighted by atomic mass is 15.6. The molecule has 0 fully saturated rings. The first kappa shape index (κ1) is 6.87. The molecule has 0 saturated carbocycles. The molecule has 1 aliphatic heterocycles. The molecule has 0 aromatic heterocycles. The van der Waals surface area contributed by atoms with Crippen LogP contribution in [0.3, 0.4) is 0 Å². The van der Waals surface area contributed by atoms with Gasteiger partial charge < -0.3 is 4.90 Å². The summed E-state index contributed by atoms with van der Waals surface area (Å²) in [5.74, 6) is 0. The van der Waals surface area contributed by atoms with Gasteiger partial charge in [-0.05, 0) is 6.92 Å². The molecule has 4 heteroatoms. The smallest absolute Gasteiger partial charge is 0.207 e. The molecule has 10 heavy (non-hydrogen) atoms. The zero-order chi connectivity index (χ0) is 7.56. The first-order valence-electron chi connectivity index (χ1n) is 3.22. The molecule has 1 heterocycles. The van der Waals surface area contributed by atoms with Crippen LogP contribution in [0.25, 0.3) is 0 Å². The molecule has 0 amide bonds. The molecule has 4 nitrogen and oxygen atoms in total. The van der Waals surface area contributed by atoms with Crippen molar-refractivity contribution in [2.75, 3.05) is 13.6 Å². The normalized spacial score (nSPS) is 23.5. The Morgan fingerprint density at radius 2 is 2.50 bits per heavy atom. The van der Waals surface area contributed by atoms with Crippen molar-refractivity contribution >= 4 is 6.34 Å². The minimum Gasteiger partial charge on any atom is -0.328 e. The quantitative estimate of drug-likeness (QED) is 0.514. The zero-order valence-electron chi connectivity index (χ0n) is 6.15. The molecule has 1 rings (SSSR count). The van der Waals surface area contributed by atoms with Gasteiger partial charge in [0.2, 0.25) is 6.17 Å². The minimum atomic E-state index is -0.204. The fourth-order valence-corrected chi connectivity index (χ4v) is 0.901. The molecule has 0 aromatic rings. The molecule has 0 bridgehead atoms. The van der Waals surface area contributed by atoms with Crippen molar-refractivity contribution in [3.05, 3.63) is 0 Å². The molecule has 0 spiro atoms. The highest BCUT2D eigenvalue weighted by Gasteiger charge is 2.22. The number of hydrazone groups is 1. The van der Waals surface area contributed by atoms with Crippen LogP contribution in [-0.2, 0) is 0 Å². The summed E-state index contributed by atoms with van der Waals surface area (Å²) in [6.45, 7) is 2.82.